The summed E-state index contributed by atoms with van der Waals surface area (Å²) in [6.45, 7) is 0. The van der Waals surface area contributed by atoms with E-state index < -0.39 is 9.96 Å². The van der Waals surface area contributed by atoms with Crippen LogP contribution in [0.2, 0.25) is 0 Å². The maximum absolute atomic E-state index is 12.8. The summed E-state index contributed by atoms with van der Waals surface area (Å²) < 4.78 is -1.83. The molecule has 2 aromatic carbocycles. The predicted molar refractivity (Wildman–Crippen MR) is 109 cm³/mol. The Morgan fingerprint density at radius 2 is 1.38 bits per heavy atom. The molecule has 0 fully saturated rings. The average Bonchev–Trinajstić information content (AvgIpc) is 2.96. The van der Waals surface area contributed by atoms with Crippen LogP contribution in [-0.4, -0.2) is 26.5 Å². The number of nitrogens with zero attached hydrogens (tertiary/aromatic N) is 2. The average molecular weight is 406 g/mol. The van der Waals surface area contributed by atoms with Crippen molar-refractivity contribution in [1.82, 2.24) is 5.01 Å². The van der Waals surface area contributed by atoms with E-state index in [0.29, 0.717) is 0 Å². The molecule has 0 aliphatic carbocycles. The number of ketones is 1. The lowest BCUT2D eigenvalue weighted by molar-refractivity contribution is -0.114. The van der Waals surface area contributed by atoms with E-state index in [4.69, 9.17) is 34.8 Å². The van der Waals surface area contributed by atoms with E-state index in [1.165, 1.54) is 5.01 Å². The number of benzene rings is 2. The van der Waals surface area contributed by atoms with E-state index >= 15 is 0 Å². The summed E-state index contributed by atoms with van der Waals surface area (Å²) in [5, 5.41) is 5.40. The van der Waals surface area contributed by atoms with Gasteiger partial charge >= 0.3 is 0 Å². The van der Waals surface area contributed by atoms with Gasteiger partial charge in [0.1, 0.15) is 11.8 Å². The molecule has 1 aliphatic heterocycles. The Bertz CT molecular complexity index is 856. The zero-order valence-electron chi connectivity index (χ0n) is 13.6. The molecule has 3 rings (SSSR count). The van der Waals surface area contributed by atoms with Crippen LogP contribution in [-0.2, 0) is 4.79 Å². The van der Waals surface area contributed by atoms with Crippen LogP contribution in [0.5, 0.6) is 0 Å². The van der Waals surface area contributed by atoms with Gasteiger partial charge in [0, 0.05) is 0 Å². The molecule has 0 saturated heterocycles. The molecule has 2 aromatic rings. The predicted octanol–water partition coefficient (Wildman–Crippen LogP) is 5.35. The highest BCUT2D eigenvalue weighted by molar-refractivity contribution is 6.67. The molecule has 1 unspecified atom stereocenters. The van der Waals surface area contributed by atoms with Crippen LogP contribution in [0.4, 0.5) is 0 Å². The van der Waals surface area contributed by atoms with Gasteiger partial charge in [0.05, 0.1) is 0 Å². The van der Waals surface area contributed by atoms with Crippen LogP contribution in [0.25, 0.3) is 12.2 Å². The fourth-order valence-electron chi connectivity index (χ4n) is 2.49. The number of halogens is 3. The molecule has 0 radical (unpaired) electrons. The Balaban J connectivity index is 1.85. The molecule has 1 heterocycles. The fourth-order valence-corrected chi connectivity index (χ4v) is 2.92. The van der Waals surface area contributed by atoms with Crippen molar-refractivity contribution in [2.45, 2.75) is 9.96 Å². The third-order valence-electron chi connectivity index (χ3n) is 3.76. The fraction of sp³-hybridized carbons (Fsp3) is 0.100. The lowest BCUT2D eigenvalue weighted by Gasteiger charge is -2.26. The number of rotatable bonds is 4. The van der Waals surface area contributed by atoms with Crippen molar-refractivity contribution in [3.05, 3.63) is 83.9 Å². The summed E-state index contributed by atoms with van der Waals surface area (Å²) in [5.74, 6) is -0.226. The summed E-state index contributed by atoms with van der Waals surface area (Å²) in [5.41, 5.74) is 2.13. The monoisotopic (exact) mass is 404 g/mol. The van der Waals surface area contributed by atoms with Crippen LogP contribution in [0, 0.1) is 0 Å². The van der Waals surface area contributed by atoms with Crippen LogP contribution in [0.1, 0.15) is 11.1 Å². The van der Waals surface area contributed by atoms with Gasteiger partial charge in [-0.1, -0.05) is 114 Å². The zero-order chi connectivity index (χ0) is 18.6. The van der Waals surface area contributed by atoms with Gasteiger partial charge in [0.15, 0.2) is 0 Å². The third kappa shape index (κ3) is 4.55. The number of hydrazone groups is 1. The zero-order valence-corrected chi connectivity index (χ0v) is 15.9. The molecular formula is C20H15Cl3N2O. The number of carbonyl (C=O) groups excluding carboxylic acids is 1. The summed E-state index contributed by atoms with van der Waals surface area (Å²) in [4.78, 5) is 12.8. The molecule has 0 aromatic heterocycles. The van der Waals surface area contributed by atoms with E-state index in [0.717, 1.165) is 11.1 Å². The van der Waals surface area contributed by atoms with Gasteiger partial charge in [-0.3, -0.25) is 4.79 Å². The van der Waals surface area contributed by atoms with E-state index in [1.54, 1.807) is 18.2 Å². The molecule has 26 heavy (non-hydrogen) atoms. The molecule has 0 saturated carbocycles. The smallest absolute Gasteiger partial charge is 0.283 e. The molecule has 132 valence electrons. The minimum atomic E-state index is -1.83. The second-order valence-electron chi connectivity index (χ2n) is 5.62. The lowest BCUT2D eigenvalue weighted by Crippen LogP contribution is -2.39. The number of Topliss-reactive ketones (excluding diaryl/α,β-unsaturated/α-hetero) is 1. The van der Waals surface area contributed by atoms with Gasteiger partial charge in [-0.15, -0.1) is 0 Å². The topological polar surface area (TPSA) is 32.7 Å². The standard InChI is InChI=1S/C20H15Cl3N2O/c21-20(22,23)25-18(14-12-16-9-5-2-6-10-16)19(26)17(24-25)13-11-15-7-3-1-4-8-15/h1-14,18H. The molecule has 6 heteroatoms. The number of alkyl halides is 3. The normalized spacial score (nSPS) is 18.1. The van der Waals surface area contributed by atoms with Gasteiger partial charge in [-0.05, 0) is 17.2 Å². The first kappa shape index (κ1) is 18.7. The highest BCUT2D eigenvalue weighted by Crippen LogP contribution is 2.36. The van der Waals surface area contributed by atoms with Crippen molar-refractivity contribution < 1.29 is 4.79 Å². The number of hydrogen-bond donors (Lipinski definition) is 0. The Morgan fingerprint density at radius 3 is 1.92 bits per heavy atom. The minimum absolute atomic E-state index is 0.226. The van der Waals surface area contributed by atoms with Crippen molar-refractivity contribution in [2.24, 2.45) is 5.10 Å². The lowest BCUT2D eigenvalue weighted by atomic mass is 10.1. The minimum Gasteiger partial charge on any atom is -0.290 e. The molecule has 1 aliphatic rings. The highest BCUT2D eigenvalue weighted by Gasteiger charge is 2.43. The van der Waals surface area contributed by atoms with Gasteiger partial charge in [-0.25, -0.2) is 5.01 Å². The quantitative estimate of drug-likeness (QED) is 0.507. The van der Waals surface area contributed by atoms with Gasteiger partial charge in [0.2, 0.25) is 5.78 Å². The Kier molecular flexibility index (Phi) is 5.82. The molecule has 0 spiro atoms. The second-order valence-corrected chi connectivity index (χ2v) is 7.84. The van der Waals surface area contributed by atoms with E-state index in [2.05, 4.69) is 5.10 Å². The van der Waals surface area contributed by atoms with Crippen LogP contribution >= 0.6 is 34.8 Å². The third-order valence-corrected chi connectivity index (χ3v) is 4.28. The second kappa shape index (κ2) is 8.09. The van der Waals surface area contributed by atoms with E-state index in [1.807, 2.05) is 66.7 Å². The van der Waals surface area contributed by atoms with Crippen LogP contribution < -0.4 is 0 Å². The molecule has 0 N–H and O–H groups in total. The van der Waals surface area contributed by atoms with E-state index in [-0.39, 0.29) is 11.5 Å². The highest BCUT2D eigenvalue weighted by atomic mass is 35.6. The van der Waals surface area contributed by atoms with Gasteiger partial charge in [-0.2, -0.15) is 5.10 Å². The Hall–Kier alpha value is -2.07. The maximum Gasteiger partial charge on any atom is 0.283 e. The van der Waals surface area contributed by atoms with Crippen LogP contribution in [0.15, 0.2) is 77.9 Å². The summed E-state index contributed by atoms with van der Waals surface area (Å²) in [6, 6.07) is 18.4. The molecule has 1 atom stereocenters. The van der Waals surface area contributed by atoms with Crippen molar-refractivity contribution >= 4 is 58.4 Å². The Morgan fingerprint density at radius 1 is 0.846 bits per heavy atom. The molecule has 3 nitrogen and oxygen atoms in total. The summed E-state index contributed by atoms with van der Waals surface area (Å²) in [6.07, 6.45) is 6.94. The summed E-state index contributed by atoms with van der Waals surface area (Å²) in [7, 11) is 0. The SMILES string of the molecule is O=C1C(C=Cc2ccccc2)=NN(C(Cl)(Cl)Cl)C1C=Cc1ccccc1. The number of allylic oxidation sites excluding steroid dienone is 1. The maximum atomic E-state index is 12.8. The van der Waals surface area contributed by atoms with Gasteiger partial charge in [0.25, 0.3) is 3.92 Å². The molecule has 0 amide bonds. The number of carbonyl (C=O) groups is 1. The van der Waals surface area contributed by atoms with Crippen LogP contribution in [0.3, 0.4) is 0 Å². The largest absolute Gasteiger partial charge is 0.290 e. The van der Waals surface area contributed by atoms with Crippen molar-refractivity contribution in [1.29, 1.82) is 0 Å². The first-order valence-corrected chi connectivity index (χ1v) is 9.04. The first-order valence-electron chi connectivity index (χ1n) is 7.90. The van der Waals surface area contributed by atoms with Crippen molar-refractivity contribution in [3.8, 4) is 0 Å². The molecule has 0 bridgehead atoms. The summed E-state index contributed by atoms with van der Waals surface area (Å²) >= 11 is 18.0. The van der Waals surface area contributed by atoms with Crippen molar-refractivity contribution in [3.63, 3.8) is 0 Å². The Labute approximate surface area is 167 Å². The molecular weight excluding hydrogens is 391 g/mol. The number of hydrogen-bond acceptors (Lipinski definition) is 3. The van der Waals surface area contributed by atoms with Gasteiger partial charge < -0.3 is 0 Å². The first-order chi connectivity index (χ1) is 12.4. The van der Waals surface area contributed by atoms with Crippen molar-refractivity contribution in [2.75, 3.05) is 0 Å². The van der Waals surface area contributed by atoms with E-state index in [9.17, 15) is 4.79 Å².